The van der Waals surface area contributed by atoms with Crippen LogP contribution in [-0.2, 0) is 6.54 Å². The van der Waals surface area contributed by atoms with Crippen molar-refractivity contribution in [2.75, 3.05) is 0 Å². The number of nitrogens with zero attached hydrogens (tertiary/aromatic N) is 5. The van der Waals surface area contributed by atoms with E-state index in [1.54, 1.807) is 22.3 Å². The summed E-state index contributed by atoms with van der Waals surface area (Å²) in [6, 6.07) is 8.00. The van der Waals surface area contributed by atoms with Crippen LogP contribution in [0.2, 0.25) is 0 Å². The lowest BCUT2D eigenvalue weighted by Gasteiger charge is -1.98. The van der Waals surface area contributed by atoms with Crippen LogP contribution in [0, 0.1) is 6.92 Å². The van der Waals surface area contributed by atoms with Gasteiger partial charge < -0.3 is 0 Å². The fraction of sp³-hybridized carbons (Fsp3) is 0.167. The predicted molar refractivity (Wildman–Crippen MR) is 76.9 cm³/mol. The molecule has 0 aliphatic carbocycles. The normalized spacial score (nSPS) is 10.8. The van der Waals surface area contributed by atoms with E-state index in [2.05, 4.69) is 36.3 Å². The molecule has 7 heteroatoms. The maximum Gasteiger partial charge on any atom is 0.205 e. The van der Waals surface area contributed by atoms with E-state index in [-0.39, 0.29) is 0 Å². The molecule has 0 unspecified atom stereocenters. The fourth-order valence-corrected chi connectivity index (χ4v) is 3.00. The molecule has 0 spiro atoms. The van der Waals surface area contributed by atoms with E-state index >= 15 is 0 Å². The number of aromatic nitrogens is 5. The zero-order chi connectivity index (χ0) is 13.2. The summed E-state index contributed by atoms with van der Waals surface area (Å²) in [6.45, 7) is 2.57. The van der Waals surface area contributed by atoms with Gasteiger partial charge in [-0.05, 0) is 33.6 Å². The van der Waals surface area contributed by atoms with Crippen LogP contribution in [0.5, 0.6) is 0 Å². The summed E-state index contributed by atoms with van der Waals surface area (Å²) >= 11 is 4.96. The highest BCUT2D eigenvalue weighted by Gasteiger charge is 2.09. The number of tetrazole rings is 1. The molecule has 1 aromatic carbocycles. The molecule has 0 N–H and O–H groups in total. The Hall–Kier alpha value is -1.60. The average Bonchev–Trinajstić information content (AvgIpc) is 3.00. The van der Waals surface area contributed by atoms with Gasteiger partial charge in [0.05, 0.1) is 9.98 Å². The summed E-state index contributed by atoms with van der Waals surface area (Å²) in [4.78, 5) is 5.82. The van der Waals surface area contributed by atoms with Crippen LogP contribution in [0.15, 0.2) is 34.2 Å². The third-order valence-corrected chi connectivity index (χ3v) is 4.10. The average molecular weight is 336 g/mol. The first-order valence-electron chi connectivity index (χ1n) is 5.66. The largest absolute Gasteiger partial charge is 0.246 e. The molecule has 19 heavy (non-hydrogen) atoms. The summed E-state index contributed by atoms with van der Waals surface area (Å²) in [5.74, 6) is 0.647. The molecule has 0 amide bonds. The van der Waals surface area contributed by atoms with E-state index in [1.165, 1.54) is 0 Å². The van der Waals surface area contributed by atoms with E-state index in [0.29, 0.717) is 12.4 Å². The number of thiazole rings is 1. The highest BCUT2D eigenvalue weighted by molar-refractivity contribution is 9.11. The van der Waals surface area contributed by atoms with Gasteiger partial charge in [0.2, 0.25) is 5.82 Å². The second kappa shape index (κ2) is 5.18. The van der Waals surface area contributed by atoms with E-state index < -0.39 is 0 Å². The fourth-order valence-electron chi connectivity index (χ4n) is 1.72. The second-order valence-electron chi connectivity index (χ2n) is 4.02. The number of hydrogen-bond acceptors (Lipinski definition) is 5. The van der Waals surface area contributed by atoms with Gasteiger partial charge in [0, 0.05) is 5.56 Å². The molecule has 0 aliphatic rings. The van der Waals surface area contributed by atoms with Gasteiger partial charge >= 0.3 is 0 Å². The SMILES string of the molecule is Cc1ccccc1-c1nnn(Cc2ncc(Br)s2)n1. The Balaban J connectivity index is 1.86. The number of benzene rings is 1. The predicted octanol–water partition coefficient (Wildman–Crippen LogP) is 2.92. The van der Waals surface area contributed by atoms with E-state index in [4.69, 9.17) is 0 Å². The van der Waals surface area contributed by atoms with Crippen molar-refractivity contribution in [1.29, 1.82) is 0 Å². The summed E-state index contributed by atoms with van der Waals surface area (Å²) < 4.78 is 1.00. The molecule has 5 nitrogen and oxygen atoms in total. The molecule has 0 bridgehead atoms. The van der Waals surface area contributed by atoms with Crippen molar-refractivity contribution < 1.29 is 0 Å². The minimum Gasteiger partial charge on any atom is -0.246 e. The van der Waals surface area contributed by atoms with E-state index in [9.17, 15) is 0 Å². The van der Waals surface area contributed by atoms with Crippen LogP contribution in [0.3, 0.4) is 0 Å². The summed E-state index contributed by atoms with van der Waals surface area (Å²) in [6.07, 6.45) is 1.78. The van der Waals surface area contributed by atoms with Gasteiger partial charge in [0.25, 0.3) is 0 Å². The van der Waals surface area contributed by atoms with Crippen molar-refractivity contribution in [2.24, 2.45) is 0 Å². The van der Waals surface area contributed by atoms with Crippen LogP contribution in [-0.4, -0.2) is 25.2 Å². The van der Waals surface area contributed by atoms with E-state index in [0.717, 1.165) is 19.9 Å². The summed E-state index contributed by atoms with van der Waals surface area (Å²) in [5, 5.41) is 13.5. The van der Waals surface area contributed by atoms with Gasteiger partial charge in [-0.15, -0.1) is 21.5 Å². The maximum absolute atomic E-state index is 4.39. The smallest absolute Gasteiger partial charge is 0.205 e. The number of hydrogen-bond donors (Lipinski definition) is 0. The quantitative estimate of drug-likeness (QED) is 0.738. The molecular weight excluding hydrogens is 326 g/mol. The van der Waals surface area contributed by atoms with Gasteiger partial charge in [-0.2, -0.15) is 4.80 Å². The van der Waals surface area contributed by atoms with Crippen LogP contribution in [0.1, 0.15) is 10.6 Å². The highest BCUT2D eigenvalue weighted by atomic mass is 79.9. The van der Waals surface area contributed by atoms with E-state index in [1.807, 2.05) is 31.2 Å². The van der Waals surface area contributed by atoms with Crippen LogP contribution < -0.4 is 0 Å². The lowest BCUT2D eigenvalue weighted by Crippen LogP contribution is -2.03. The lowest BCUT2D eigenvalue weighted by atomic mass is 10.1. The van der Waals surface area contributed by atoms with Crippen molar-refractivity contribution in [3.8, 4) is 11.4 Å². The van der Waals surface area contributed by atoms with Gasteiger partial charge in [-0.1, -0.05) is 24.3 Å². The Labute approximate surface area is 122 Å². The van der Waals surface area contributed by atoms with Crippen LogP contribution in [0.25, 0.3) is 11.4 Å². The summed E-state index contributed by atoms with van der Waals surface area (Å²) in [5.41, 5.74) is 2.15. The first kappa shape index (κ1) is 12.4. The Morgan fingerprint density at radius 1 is 1.32 bits per heavy atom. The maximum atomic E-state index is 4.39. The molecule has 3 rings (SSSR count). The molecule has 2 heterocycles. The molecule has 3 aromatic rings. The van der Waals surface area contributed by atoms with Crippen molar-refractivity contribution in [2.45, 2.75) is 13.5 Å². The van der Waals surface area contributed by atoms with Crippen LogP contribution >= 0.6 is 27.3 Å². The zero-order valence-corrected chi connectivity index (χ0v) is 12.5. The highest BCUT2D eigenvalue weighted by Crippen LogP contribution is 2.20. The van der Waals surface area contributed by atoms with Crippen LogP contribution in [0.4, 0.5) is 0 Å². The first-order valence-corrected chi connectivity index (χ1v) is 7.27. The number of aryl methyl sites for hydroxylation is 1. The third kappa shape index (κ3) is 2.71. The Morgan fingerprint density at radius 2 is 2.16 bits per heavy atom. The summed E-state index contributed by atoms with van der Waals surface area (Å²) in [7, 11) is 0. The van der Waals surface area contributed by atoms with Crippen molar-refractivity contribution in [3.63, 3.8) is 0 Å². The number of rotatable bonds is 3. The number of halogens is 1. The van der Waals surface area contributed by atoms with Gasteiger partial charge in [0.1, 0.15) is 11.6 Å². The molecule has 96 valence electrons. The Morgan fingerprint density at radius 3 is 2.89 bits per heavy atom. The molecule has 0 fully saturated rings. The van der Waals surface area contributed by atoms with Crippen molar-refractivity contribution in [3.05, 3.63) is 44.8 Å². The minimum atomic E-state index is 0.537. The van der Waals surface area contributed by atoms with Gasteiger partial charge in [0.15, 0.2) is 0 Å². The standard InChI is InChI=1S/C12H10BrN5S/c1-8-4-2-3-5-9(8)12-15-17-18(16-12)7-11-14-6-10(13)19-11/h2-6H,7H2,1H3. The van der Waals surface area contributed by atoms with Gasteiger partial charge in [-0.3, -0.25) is 0 Å². The molecule has 0 radical (unpaired) electrons. The Kier molecular flexibility index (Phi) is 3.39. The molecule has 0 saturated carbocycles. The molecule has 0 atom stereocenters. The molecule has 0 saturated heterocycles. The topological polar surface area (TPSA) is 56.5 Å². The second-order valence-corrected chi connectivity index (χ2v) is 6.51. The zero-order valence-electron chi connectivity index (χ0n) is 10.1. The first-order chi connectivity index (χ1) is 9.22. The third-order valence-electron chi connectivity index (χ3n) is 2.64. The molecule has 0 aliphatic heterocycles. The minimum absolute atomic E-state index is 0.537. The Bertz CT molecular complexity index is 705. The van der Waals surface area contributed by atoms with Crippen molar-refractivity contribution in [1.82, 2.24) is 25.2 Å². The molecule has 2 aromatic heterocycles. The van der Waals surface area contributed by atoms with Gasteiger partial charge in [-0.25, -0.2) is 4.98 Å². The van der Waals surface area contributed by atoms with Crippen molar-refractivity contribution >= 4 is 27.3 Å². The monoisotopic (exact) mass is 335 g/mol. The lowest BCUT2D eigenvalue weighted by molar-refractivity contribution is 0.571. The molecular formula is C12H10BrN5S.